The lowest BCUT2D eigenvalue weighted by molar-refractivity contribution is -0.121. The summed E-state index contributed by atoms with van der Waals surface area (Å²) < 4.78 is 11.4. The highest BCUT2D eigenvalue weighted by molar-refractivity contribution is 9.10. The molecule has 1 aliphatic heterocycles. The van der Waals surface area contributed by atoms with E-state index in [1.807, 2.05) is 18.2 Å². The van der Waals surface area contributed by atoms with Crippen molar-refractivity contribution >= 4 is 33.6 Å². The second-order valence-corrected chi connectivity index (χ2v) is 6.79. The Labute approximate surface area is 137 Å². The van der Waals surface area contributed by atoms with Crippen molar-refractivity contribution in [1.29, 1.82) is 0 Å². The van der Waals surface area contributed by atoms with Crippen LogP contribution in [0.25, 0.3) is 0 Å². The maximum Gasteiger partial charge on any atom is 0.407 e. The molecule has 0 spiro atoms. The number of amides is 2. The summed E-state index contributed by atoms with van der Waals surface area (Å²) in [5, 5.41) is 2.64. The van der Waals surface area contributed by atoms with E-state index in [-0.39, 0.29) is 12.5 Å². The molecule has 0 saturated heterocycles. The molecule has 0 aromatic heterocycles. The van der Waals surface area contributed by atoms with E-state index >= 15 is 0 Å². The lowest BCUT2D eigenvalue weighted by atomic mass is 10.2. The quantitative estimate of drug-likeness (QED) is 0.887. The first-order valence-electron chi connectivity index (χ1n) is 6.96. The van der Waals surface area contributed by atoms with Crippen LogP contribution in [0.3, 0.4) is 0 Å². The van der Waals surface area contributed by atoms with E-state index < -0.39 is 11.7 Å². The van der Waals surface area contributed by atoms with Crippen LogP contribution < -0.4 is 15.0 Å². The molecule has 2 rings (SSSR count). The van der Waals surface area contributed by atoms with Gasteiger partial charge in [-0.15, -0.1) is 0 Å². The molecule has 0 unspecified atom stereocenters. The highest BCUT2D eigenvalue weighted by Gasteiger charge is 2.25. The molecule has 0 bridgehead atoms. The molecule has 1 N–H and O–H groups in total. The lowest BCUT2D eigenvalue weighted by Crippen LogP contribution is -2.44. The van der Waals surface area contributed by atoms with Crippen LogP contribution in [0.2, 0.25) is 0 Å². The van der Waals surface area contributed by atoms with Crippen molar-refractivity contribution in [2.45, 2.75) is 26.4 Å². The molecule has 1 aliphatic rings. The van der Waals surface area contributed by atoms with E-state index in [9.17, 15) is 9.59 Å². The fourth-order valence-electron chi connectivity index (χ4n) is 2.01. The fourth-order valence-corrected chi connectivity index (χ4v) is 2.35. The zero-order valence-corrected chi connectivity index (χ0v) is 14.4. The number of halogens is 1. The van der Waals surface area contributed by atoms with Crippen LogP contribution in [0.1, 0.15) is 20.8 Å². The molecule has 22 heavy (non-hydrogen) atoms. The molecule has 0 atom stereocenters. The van der Waals surface area contributed by atoms with Gasteiger partial charge in [0.25, 0.3) is 5.91 Å². The third-order valence-electron chi connectivity index (χ3n) is 2.87. The molecular weight excluding hydrogens is 352 g/mol. The average molecular weight is 371 g/mol. The third kappa shape index (κ3) is 4.37. The summed E-state index contributed by atoms with van der Waals surface area (Å²) in [5.41, 5.74) is 0.156. The number of benzene rings is 1. The van der Waals surface area contributed by atoms with Crippen LogP contribution in [-0.4, -0.2) is 37.3 Å². The number of carbonyl (C=O) groups excluding carboxylic acids is 2. The van der Waals surface area contributed by atoms with Crippen molar-refractivity contribution in [1.82, 2.24) is 5.32 Å². The Kier molecular flexibility index (Phi) is 4.95. The van der Waals surface area contributed by atoms with Crippen molar-refractivity contribution in [3.63, 3.8) is 0 Å². The summed E-state index contributed by atoms with van der Waals surface area (Å²) in [5.74, 6) is 0.507. The topological polar surface area (TPSA) is 67.9 Å². The lowest BCUT2D eigenvalue weighted by Gasteiger charge is -2.29. The zero-order valence-electron chi connectivity index (χ0n) is 12.8. The normalized spacial score (nSPS) is 14.2. The molecular formula is C15H19BrN2O4. The van der Waals surface area contributed by atoms with E-state index in [1.165, 1.54) is 0 Å². The molecule has 1 heterocycles. The molecule has 1 aromatic rings. The number of ether oxygens (including phenoxy) is 2. The molecule has 6 nitrogen and oxygen atoms in total. The van der Waals surface area contributed by atoms with Crippen LogP contribution in [0.5, 0.6) is 5.75 Å². The molecule has 7 heteroatoms. The highest BCUT2D eigenvalue weighted by atomic mass is 79.9. The third-order valence-corrected chi connectivity index (χ3v) is 3.36. The van der Waals surface area contributed by atoms with Gasteiger partial charge < -0.3 is 19.7 Å². The summed E-state index contributed by atoms with van der Waals surface area (Å²) in [7, 11) is 0. The van der Waals surface area contributed by atoms with Gasteiger partial charge >= 0.3 is 6.09 Å². The molecule has 0 saturated carbocycles. The van der Waals surface area contributed by atoms with Crippen molar-refractivity contribution in [2.75, 3.05) is 24.6 Å². The Hall–Kier alpha value is -1.76. The fraction of sp³-hybridized carbons (Fsp3) is 0.467. The van der Waals surface area contributed by atoms with Crippen molar-refractivity contribution in [3.05, 3.63) is 22.7 Å². The van der Waals surface area contributed by atoms with Gasteiger partial charge in [-0.1, -0.05) is 15.9 Å². The first-order valence-corrected chi connectivity index (χ1v) is 7.75. The van der Waals surface area contributed by atoms with E-state index in [0.717, 1.165) is 4.47 Å². The van der Waals surface area contributed by atoms with Gasteiger partial charge in [-0.05, 0) is 39.0 Å². The largest absolute Gasteiger partial charge is 0.482 e. The Morgan fingerprint density at radius 1 is 1.45 bits per heavy atom. The number of carbonyl (C=O) groups is 2. The van der Waals surface area contributed by atoms with Crippen LogP contribution in [0.4, 0.5) is 10.5 Å². The summed E-state index contributed by atoms with van der Waals surface area (Å²) in [4.78, 5) is 25.2. The summed E-state index contributed by atoms with van der Waals surface area (Å²) in [6, 6.07) is 5.47. The smallest absolute Gasteiger partial charge is 0.407 e. The number of alkyl carbamates (subject to hydrolysis) is 1. The molecule has 0 aliphatic carbocycles. The van der Waals surface area contributed by atoms with E-state index in [4.69, 9.17) is 9.47 Å². The number of hydrogen-bond donors (Lipinski definition) is 1. The SMILES string of the molecule is CC(C)(C)OC(=O)NCCN1C(=O)COc2cc(Br)ccc21. The van der Waals surface area contributed by atoms with Gasteiger partial charge in [0.1, 0.15) is 11.4 Å². The number of nitrogens with zero attached hydrogens (tertiary/aromatic N) is 1. The standard InChI is InChI=1S/C15H19BrN2O4/c1-15(2,3)22-14(20)17-6-7-18-11-5-4-10(16)8-12(11)21-9-13(18)19/h4-5,8H,6-7,9H2,1-3H3,(H,17,20). The van der Waals surface area contributed by atoms with E-state index in [1.54, 1.807) is 25.7 Å². The minimum Gasteiger partial charge on any atom is -0.482 e. The Bertz CT molecular complexity index is 583. The Morgan fingerprint density at radius 2 is 2.18 bits per heavy atom. The van der Waals surface area contributed by atoms with E-state index in [0.29, 0.717) is 24.5 Å². The highest BCUT2D eigenvalue weighted by Crippen LogP contribution is 2.34. The van der Waals surface area contributed by atoms with Gasteiger partial charge in [-0.3, -0.25) is 4.79 Å². The molecule has 2 amide bonds. The molecule has 0 fully saturated rings. The van der Waals surface area contributed by atoms with Crippen LogP contribution in [0, 0.1) is 0 Å². The first-order chi connectivity index (χ1) is 10.3. The second-order valence-electron chi connectivity index (χ2n) is 5.87. The monoisotopic (exact) mass is 370 g/mol. The molecule has 1 aromatic carbocycles. The van der Waals surface area contributed by atoms with Gasteiger partial charge in [0, 0.05) is 17.6 Å². The number of nitrogens with one attached hydrogen (secondary N) is 1. The minimum atomic E-state index is -0.544. The molecule has 0 radical (unpaired) electrons. The number of hydrogen-bond acceptors (Lipinski definition) is 4. The maximum atomic E-state index is 12.0. The van der Waals surface area contributed by atoms with Crippen molar-refractivity contribution < 1.29 is 19.1 Å². The summed E-state index contributed by atoms with van der Waals surface area (Å²) in [6.45, 7) is 6.05. The summed E-state index contributed by atoms with van der Waals surface area (Å²) >= 11 is 3.37. The minimum absolute atomic E-state index is 0.00408. The molecule has 120 valence electrons. The van der Waals surface area contributed by atoms with Crippen LogP contribution >= 0.6 is 15.9 Å². The predicted octanol–water partition coefficient (Wildman–Crippen LogP) is 2.70. The van der Waals surface area contributed by atoms with Gasteiger partial charge in [0.15, 0.2) is 6.61 Å². The number of anilines is 1. The summed E-state index contributed by atoms with van der Waals surface area (Å²) in [6.07, 6.45) is -0.496. The van der Waals surface area contributed by atoms with Crippen molar-refractivity contribution in [3.8, 4) is 5.75 Å². The zero-order chi connectivity index (χ0) is 16.3. The first kappa shape index (κ1) is 16.6. The predicted molar refractivity (Wildman–Crippen MR) is 86.2 cm³/mol. The average Bonchev–Trinajstić information content (AvgIpc) is 2.39. The van der Waals surface area contributed by atoms with Crippen LogP contribution in [0.15, 0.2) is 22.7 Å². The second kappa shape index (κ2) is 6.56. The Balaban J connectivity index is 1.96. The van der Waals surface area contributed by atoms with Crippen LogP contribution in [-0.2, 0) is 9.53 Å². The van der Waals surface area contributed by atoms with E-state index in [2.05, 4.69) is 21.2 Å². The van der Waals surface area contributed by atoms with Gasteiger partial charge in [0.2, 0.25) is 0 Å². The number of rotatable bonds is 3. The maximum absolute atomic E-state index is 12.0. The number of fused-ring (bicyclic) bond motifs is 1. The van der Waals surface area contributed by atoms with Gasteiger partial charge in [-0.2, -0.15) is 0 Å². The van der Waals surface area contributed by atoms with Gasteiger partial charge in [-0.25, -0.2) is 4.79 Å². The Morgan fingerprint density at radius 3 is 2.86 bits per heavy atom. The van der Waals surface area contributed by atoms with Gasteiger partial charge in [0.05, 0.1) is 5.69 Å². The van der Waals surface area contributed by atoms with Crippen molar-refractivity contribution in [2.24, 2.45) is 0 Å².